The lowest BCUT2D eigenvalue weighted by atomic mass is 9.93. The summed E-state index contributed by atoms with van der Waals surface area (Å²) < 4.78 is 29.9. The summed E-state index contributed by atoms with van der Waals surface area (Å²) in [6.07, 6.45) is 0.859. The van der Waals surface area contributed by atoms with Gasteiger partial charge in [0, 0.05) is 29.8 Å². The molecule has 1 unspecified atom stereocenters. The Balaban J connectivity index is 1.38. The Morgan fingerprint density at radius 2 is 1.91 bits per heavy atom. The predicted molar refractivity (Wildman–Crippen MR) is 127 cm³/mol. The molecule has 7 nitrogen and oxygen atoms in total. The van der Waals surface area contributed by atoms with Crippen molar-refractivity contribution in [2.45, 2.75) is 18.8 Å². The second kappa shape index (κ2) is 10.7. The molecule has 4 rings (SSSR count). The molecule has 9 heteroatoms. The van der Waals surface area contributed by atoms with Crippen molar-refractivity contribution in [2.75, 3.05) is 20.3 Å². The quantitative estimate of drug-likeness (QED) is 0.442. The minimum absolute atomic E-state index is 0.263. The van der Waals surface area contributed by atoms with Gasteiger partial charge in [-0.1, -0.05) is 17.7 Å². The molecule has 0 aliphatic carbocycles. The third kappa shape index (κ3) is 5.66. The fourth-order valence-corrected chi connectivity index (χ4v) is 4.07. The van der Waals surface area contributed by atoms with Crippen LogP contribution in [0.1, 0.15) is 33.8 Å². The van der Waals surface area contributed by atoms with Gasteiger partial charge in [-0.15, -0.1) is 0 Å². The molecule has 182 valence electrons. The van der Waals surface area contributed by atoms with Gasteiger partial charge in [0.2, 0.25) is 0 Å². The fraction of sp³-hybridized carbons (Fsp3) is 0.231. The summed E-state index contributed by atoms with van der Waals surface area (Å²) >= 11 is 6.33. The van der Waals surface area contributed by atoms with Crippen LogP contribution in [0, 0.1) is 5.82 Å². The first kappa shape index (κ1) is 24.3. The zero-order valence-corrected chi connectivity index (χ0v) is 19.6. The highest BCUT2D eigenvalue weighted by Crippen LogP contribution is 2.41. The van der Waals surface area contributed by atoms with Crippen LogP contribution in [0.3, 0.4) is 0 Å². The first-order valence-corrected chi connectivity index (χ1v) is 11.3. The summed E-state index contributed by atoms with van der Waals surface area (Å²) in [4.78, 5) is 24.0. The number of hydrogen-bond acceptors (Lipinski definition) is 5. The molecule has 2 N–H and O–H groups in total. The van der Waals surface area contributed by atoms with Crippen LogP contribution in [0.2, 0.25) is 5.02 Å². The van der Waals surface area contributed by atoms with E-state index in [0.29, 0.717) is 60.1 Å². The maximum Gasteiger partial charge on any atom is 0.311 e. The molecule has 1 aliphatic rings. The number of ether oxygens (including phenoxy) is 3. The lowest BCUT2D eigenvalue weighted by molar-refractivity contribution is -0.139. The summed E-state index contributed by atoms with van der Waals surface area (Å²) in [6.45, 7) is 0.643. The SMILES string of the molecule is COc1cc(F)ccc1CCNC(=O)c1ccc(Oc2cc3c(cc2Cl)C(C(=O)O)CCO3)cc1. The Bertz CT molecular complexity index is 1250. The predicted octanol–water partition coefficient (Wildman–Crippen LogP) is 5.20. The number of amides is 1. The average molecular weight is 500 g/mol. The highest BCUT2D eigenvalue weighted by molar-refractivity contribution is 6.32. The molecular weight excluding hydrogens is 477 g/mol. The van der Waals surface area contributed by atoms with E-state index in [1.54, 1.807) is 42.5 Å². The topological polar surface area (TPSA) is 94.1 Å². The molecule has 1 atom stereocenters. The lowest BCUT2D eigenvalue weighted by Gasteiger charge is -2.24. The van der Waals surface area contributed by atoms with Crippen molar-refractivity contribution in [1.29, 1.82) is 0 Å². The summed E-state index contributed by atoms with van der Waals surface area (Å²) in [5.41, 5.74) is 1.75. The van der Waals surface area contributed by atoms with E-state index >= 15 is 0 Å². The van der Waals surface area contributed by atoms with Gasteiger partial charge in [-0.25, -0.2) is 4.39 Å². The number of halogens is 2. The van der Waals surface area contributed by atoms with Crippen LogP contribution in [-0.4, -0.2) is 37.2 Å². The molecule has 0 radical (unpaired) electrons. The highest BCUT2D eigenvalue weighted by Gasteiger charge is 2.29. The molecule has 0 saturated carbocycles. The molecule has 0 saturated heterocycles. The molecule has 0 spiro atoms. The number of carbonyl (C=O) groups excluding carboxylic acids is 1. The number of carboxylic acid groups (broad SMARTS) is 1. The number of nitrogens with one attached hydrogen (secondary N) is 1. The number of carboxylic acids is 1. The van der Waals surface area contributed by atoms with Crippen molar-refractivity contribution in [3.05, 3.63) is 82.1 Å². The minimum Gasteiger partial charge on any atom is -0.496 e. The van der Waals surface area contributed by atoms with Crippen LogP contribution >= 0.6 is 11.6 Å². The second-order valence-electron chi connectivity index (χ2n) is 7.94. The molecule has 1 amide bonds. The Kier molecular flexibility index (Phi) is 7.41. The normalized spacial score (nSPS) is 14.4. The lowest BCUT2D eigenvalue weighted by Crippen LogP contribution is -2.25. The van der Waals surface area contributed by atoms with Crippen LogP contribution in [0.4, 0.5) is 4.39 Å². The monoisotopic (exact) mass is 499 g/mol. The van der Waals surface area contributed by atoms with Gasteiger partial charge in [-0.05, 0) is 54.8 Å². The molecule has 35 heavy (non-hydrogen) atoms. The Morgan fingerprint density at radius 3 is 2.63 bits per heavy atom. The smallest absolute Gasteiger partial charge is 0.311 e. The van der Waals surface area contributed by atoms with Gasteiger partial charge in [-0.3, -0.25) is 9.59 Å². The summed E-state index contributed by atoms with van der Waals surface area (Å²) in [5, 5.41) is 12.5. The third-order valence-corrected chi connectivity index (χ3v) is 5.97. The number of rotatable bonds is 8. The van der Waals surface area contributed by atoms with Crippen LogP contribution in [0.5, 0.6) is 23.0 Å². The van der Waals surface area contributed by atoms with Crippen LogP contribution < -0.4 is 19.5 Å². The first-order chi connectivity index (χ1) is 16.9. The van der Waals surface area contributed by atoms with Crippen LogP contribution in [0.25, 0.3) is 0 Å². The van der Waals surface area contributed by atoms with Crippen molar-refractivity contribution in [3.63, 3.8) is 0 Å². The highest BCUT2D eigenvalue weighted by atomic mass is 35.5. The summed E-state index contributed by atoms with van der Waals surface area (Å²) in [5.74, 6) is -0.616. The largest absolute Gasteiger partial charge is 0.496 e. The summed E-state index contributed by atoms with van der Waals surface area (Å²) in [6, 6.07) is 13.9. The molecule has 1 aliphatic heterocycles. The molecule has 3 aromatic rings. The molecular formula is C26H23ClFNO6. The molecule has 0 bridgehead atoms. The van der Waals surface area contributed by atoms with E-state index < -0.39 is 11.9 Å². The van der Waals surface area contributed by atoms with Crippen LogP contribution in [-0.2, 0) is 11.2 Å². The Labute approximate surface area is 206 Å². The maximum atomic E-state index is 13.3. The van der Waals surface area contributed by atoms with E-state index in [-0.39, 0.29) is 16.7 Å². The third-order valence-electron chi connectivity index (χ3n) is 5.68. The van der Waals surface area contributed by atoms with Gasteiger partial charge in [0.15, 0.2) is 0 Å². The number of hydrogen-bond donors (Lipinski definition) is 2. The van der Waals surface area contributed by atoms with E-state index in [1.165, 1.54) is 19.2 Å². The maximum absolute atomic E-state index is 13.3. The van der Waals surface area contributed by atoms with Crippen molar-refractivity contribution in [3.8, 4) is 23.0 Å². The van der Waals surface area contributed by atoms with Gasteiger partial charge in [-0.2, -0.15) is 0 Å². The van der Waals surface area contributed by atoms with Gasteiger partial charge in [0.25, 0.3) is 5.91 Å². The minimum atomic E-state index is -0.926. The van der Waals surface area contributed by atoms with Crippen LogP contribution in [0.15, 0.2) is 54.6 Å². The first-order valence-electron chi connectivity index (χ1n) is 10.9. The number of carbonyl (C=O) groups is 2. The second-order valence-corrected chi connectivity index (χ2v) is 8.34. The van der Waals surface area contributed by atoms with E-state index in [2.05, 4.69) is 5.32 Å². The van der Waals surface area contributed by atoms with Gasteiger partial charge in [0.1, 0.15) is 28.8 Å². The molecule has 3 aromatic carbocycles. The average Bonchev–Trinajstić information content (AvgIpc) is 2.85. The zero-order chi connectivity index (χ0) is 24.9. The van der Waals surface area contributed by atoms with Crippen molar-refractivity contribution in [1.82, 2.24) is 5.32 Å². The number of aliphatic carboxylic acids is 1. The Morgan fingerprint density at radius 1 is 1.14 bits per heavy atom. The van der Waals surface area contributed by atoms with E-state index in [0.717, 1.165) is 5.56 Å². The van der Waals surface area contributed by atoms with E-state index in [9.17, 15) is 19.1 Å². The fourth-order valence-electron chi connectivity index (χ4n) is 3.86. The van der Waals surface area contributed by atoms with Crippen molar-refractivity contribution < 1.29 is 33.3 Å². The van der Waals surface area contributed by atoms with Crippen molar-refractivity contribution in [2.24, 2.45) is 0 Å². The Hall–Kier alpha value is -3.78. The molecule has 0 aromatic heterocycles. The van der Waals surface area contributed by atoms with Gasteiger partial charge >= 0.3 is 5.97 Å². The number of fused-ring (bicyclic) bond motifs is 1. The van der Waals surface area contributed by atoms with E-state index in [1.807, 2.05) is 0 Å². The molecule has 1 heterocycles. The summed E-state index contributed by atoms with van der Waals surface area (Å²) in [7, 11) is 1.47. The zero-order valence-electron chi connectivity index (χ0n) is 18.8. The number of methoxy groups -OCH3 is 1. The van der Waals surface area contributed by atoms with Crippen molar-refractivity contribution >= 4 is 23.5 Å². The van der Waals surface area contributed by atoms with Gasteiger partial charge in [0.05, 0.1) is 24.7 Å². The van der Waals surface area contributed by atoms with E-state index in [4.69, 9.17) is 25.8 Å². The number of benzene rings is 3. The van der Waals surface area contributed by atoms with Gasteiger partial charge < -0.3 is 24.6 Å². The standard InChI is InChI=1S/C26H23ClFNO6/c1-33-22-12-17(28)5-2-15(22)8-10-29-25(30)16-3-6-18(7-4-16)35-24-14-23-20(13-21(24)27)19(26(31)32)9-11-34-23/h2-7,12-14,19H,8-11H2,1H3,(H,29,30)(H,31,32). The molecule has 0 fully saturated rings.